The standard InChI is InChI=1S/C13H16N2/c1-11(14)13-7-8-15(10-13)9-12-5-3-2-4-6-12/h2-8,10-11H,9,14H2,1H3/t11-/m1/s1. The number of nitrogens with two attached hydrogens (primary N) is 1. The van der Waals surface area contributed by atoms with Gasteiger partial charge in [-0.05, 0) is 24.1 Å². The van der Waals surface area contributed by atoms with Crippen molar-refractivity contribution in [3.05, 3.63) is 59.9 Å². The molecule has 1 atom stereocenters. The van der Waals surface area contributed by atoms with E-state index in [4.69, 9.17) is 5.73 Å². The molecule has 0 aliphatic heterocycles. The number of rotatable bonds is 3. The highest BCUT2D eigenvalue weighted by Crippen LogP contribution is 2.11. The summed E-state index contributed by atoms with van der Waals surface area (Å²) in [5.41, 5.74) is 8.30. The van der Waals surface area contributed by atoms with Gasteiger partial charge in [-0.15, -0.1) is 0 Å². The average molecular weight is 200 g/mol. The van der Waals surface area contributed by atoms with Gasteiger partial charge in [0, 0.05) is 25.0 Å². The summed E-state index contributed by atoms with van der Waals surface area (Å²) in [7, 11) is 0. The summed E-state index contributed by atoms with van der Waals surface area (Å²) in [5, 5.41) is 0. The zero-order valence-corrected chi connectivity index (χ0v) is 8.93. The molecule has 2 heteroatoms. The van der Waals surface area contributed by atoms with Gasteiger partial charge < -0.3 is 10.3 Å². The van der Waals surface area contributed by atoms with E-state index < -0.39 is 0 Å². The zero-order chi connectivity index (χ0) is 10.7. The van der Waals surface area contributed by atoms with E-state index in [0.29, 0.717) is 0 Å². The van der Waals surface area contributed by atoms with Gasteiger partial charge in [-0.2, -0.15) is 0 Å². The van der Waals surface area contributed by atoms with E-state index in [9.17, 15) is 0 Å². The van der Waals surface area contributed by atoms with Crippen molar-refractivity contribution < 1.29 is 0 Å². The lowest BCUT2D eigenvalue weighted by Crippen LogP contribution is -2.03. The van der Waals surface area contributed by atoms with E-state index >= 15 is 0 Å². The largest absolute Gasteiger partial charge is 0.350 e. The minimum Gasteiger partial charge on any atom is -0.350 e. The van der Waals surface area contributed by atoms with Gasteiger partial charge in [-0.25, -0.2) is 0 Å². The number of hydrogen-bond acceptors (Lipinski definition) is 1. The molecule has 0 bridgehead atoms. The lowest BCUT2D eigenvalue weighted by molar-refractivity contribution is 0.777. The van der Waals surface area contributed by atoms with E-state index in [-0.39, 0.29) is 6.04 Å². The van der Waals surface area contributed by atoms with Crippen molar-refractivity contribution in [3.63, 3.8) is 0 Å². The number of hydrogen-bond donors (Lipinski definition) is 1. The molecule has 0 radical (unpaired) electrons. The van der Waals surface area contributed by atoms with Gasteiger partial charge in [0.1, 0.15) is 0 Å². The Kier molecular flexibility index (Phi) is 2.88. The Bertz CT molecular complexity index is 415. The van der Waals surface area contributed by atoms with Crippen molar-refractivity contribution in [2.75, 3.05) is 0 Å². The number of nitrogens with zero attached hydrogens (tertiary/aromatic N) is 1. The summed E-state index contributed by atoms with van der Waals surface area (Å²) < 4.78 is 2.16. The first-order valence-corrected chi connectivity index (χ1v) is 5.21. The van der Waals surface area contributed by atoms with Gasteiger partial charge in [0.25, 0.3) is 0 Å². The Morgan fingerprint density at radius 2 is 1.93 bits per heavy atom. The second kappa shape index (κ2) is 4.32. The molecule has 0 spiro atoms. The molecule has 15 heavy (non-hydrogen) atoms. The molecule has 0 saturated heterocycles. The fourth-order valence-corrected chi connectivity index (χ4v) is 1.62. The summed E-state index contributed by atoms with van der Waals surface area (Å²) in [6, 6.07) is 12.6. The van der Waals surface area contributed by atoms with Gasteiger partial charge in [0.15, 0.2) is 0 Å². The highest BCUT2D eigenvalue weighted by atomic mass is 14.9. The molecule has 2 N–H and O–H groups in total. The van der Waals surface area contributed by atoms with Crippen molar-refractivity contribution in [2.45, 2.75) is 19.5 Å². The average Bonchev–Trinajstić information content (AvgIpc) is 2.68. The first-order chi connectivity index (χ1) is 7.25. The summed E-state index contributed by atoms with van der Waals surface area (Å²) in [6.07, 6.45) is 4.18. The van der Waals surface area contributed by atoms with Crippen LogP contribution in [0, 0.1) is 0 Å². The molecule has 0 saturated carbocycles. The van der Waals surface area contributed by atoms with Crippen LogP contribution in [0.25, 0.3) is 0 Å². The molecule has 0 fully saturated rings. The van der Waals surface area contributed by atoms with Gasteiger partial charge in [-0.3, -0.25) is 0 Å². The summed E-state index contributed by atoms with van der Waals surface area (Å²) >= 11 is 0. The van der Waals surface area contributed by atoms with E-state index in [1.165, 1.54) is 11.1 Å². The quantitative estimate of drug-likeness (QED) is 0.811. The normalized spacial score (nSPS) is 12.7. The van der Waals surface area contributed by atoms with Crippen LogP contribution >= 0.6 is 0 Å². The van der Waals surface area contributed by atoms with Crippen molar-refractivity contribution in [3.8, 4) is 0 Å². The molecule has 1 aromatic carbocycles. The zero-order valence-electron chi connectivity index (χ0n) is 8.93. The van der Waals surface area contributed by atoms with E-state index in [1.54, 1.807) is 0 Å². The molecule has 1 aromatic heterocycles. The minimum absolute atomic E-state index is 0.113. The van der Waals surface area contributed by atoms with Crippen molar-refractivity contribution in [2.24, 2.45) is 5.73 Å². The van der Waals surface area contributed by atoms with Crippen LogP contribution in [-0.2, 0) is 6.54 Å². The smallest absolute Gasteiger partial charge is 0.0470 e. The summed E-state index contributed by atoms with van der Waals surface area (Å²) in [5.74, 6) is 0. The van der Waals surface area contributed by atoms with Crippen molar-refractivity contribution >= 4 is 0 Å². The predicted molar refractivity (Wildman–Crippen MR) is 62.6 cm³/mol. The van der Waals surface area contributed by atoms with Gasteiger partial charge in [-0.1, -0.05) is 30.3 Å². The fourth-order valence-electron chi connectivity index (χ4n) is 1.62. The minimum atomic E-state index is 0.113. The Morgan fingerprint density at radius 1 is 1.20 bits per heavy atom. The highest BCUT2D eigenvalue weighted by Gasteiger charge is 2.01. The first-order valence-electron chi connectivity index (χ1n) is 5.21. The molecule has 1 heterocycles. The van der Waals surface area contributed by atoms with Crippen LogP contribution in [0.15, 0.2) is 48.8 Å². The van der Waals surface area contributed by atoms with Crippen molar-refractivity contribution in [1.82, 2.24) is 4.57 Å². The number of benzene rings is 1. The molecular weight excluding hydrogens is 184 g/mol. The molecule has 2 rings (SSSR count). The Hall–Kier alpha value is -1.54. The lowest BCUT2D eigenvalue weighted by Gasteiger charge is -2.03. The van der Waals surface area contributed by atoms with Crippen LogP contribution in [0.3, 0.4) is 0 Å². The maximum Gasteiger partial charge on any atom is 0.0470 e. The van der Waals surface area contributed by atoms with Crippen LogP contribution in [0.1, 0.15) is 24.1 Å². The maximum absolute atomic E-state index is 5.81. The van der Waals surface area contributed by atoms with Crippen LogP contribution in [-0.4, -0.2) is 4.57 Å². The van der Waals surface area contributed by atoms with Crippen LogP contribution in [0.2, 0.25) is 0 Å². The summed E-state index contributed by atoms with van der Waals surface area (Å²) in [4.78, 5) is 0. The van der Waals surface area contributed by atoms with Gasteiger partial charge >= 0.3 is 0 Å². The molecule has 0 unspecified atom stereocenters. The third-order valence-electron chi connectivity index (χ3n) is 2.51. The Balaban J connectivity index is 2.12. The molecule has 2 aromatic rings. The SMILES string of the molecule is C[C@@H](N)c1ccn(Cc2ccccc2)c1. The second-order valence-electron chi connectivity index (χ2n) is 3.89. The Labute approximate surface area is 90.3 Å². The lowest BCUT2D eigenvalue weighted by atomic mass is 10.2. The van der Waals surface area contributed by atoms with E-state index in [2.05, 4.69) is 47.3 Å². The molecule has 78 valence electrons. The molecule has 2 nitrogen and oxygen atoms in total. The summed E-state index contributed by atoms with van der Waals surface area (Å²) in [6.45, 7) is 2.91. The molecule has 0 aliphatic rings. The Morgan fingerprint density at radius 3 is 2.53 bits per heavy atom. The topological polar surface area (TPSA) is 30.9 Å². The third kappa shape index (κ3) is 2.48. The van der Waals surface area contributed by atoms with Crippen LogP contribution in [0.4, 0.5) is 0 Å². The highest BCUT2D eigenvalue weighted by molar-refractivity contribution is 5.18. The van der Waals surface area contributed by atoms with Crippen molar-refractivity contribution in [1.29, 1.82) is 0 Å². The maximum atomic E-state index is 5.81. The van der Waals surface area contributed by atoms with E-state index in [1.807, 2.05) is 13.0 Å². The third-order valence-corrected chi connectivity index (χ3v) is 2.51. The molecule has 0 aliphatic carbocycles. The second-order valence-corrected chi connectivity index (χ2v) is 3.89. The van der Waals surface area contributed by atoms with Gasteiger partial charge in [0.2, 0.25) is 0 Å². The van der Waals surface area contributed by atoms with E-state index in [0.717, 1.165) is 6.54 Å². The monoisotopic (exact) mass is 200 g/mol. The van der Waals surface area contributed by atoms with Crippen LogP contribution < -0.4 is 5.73 Å². The fraction of sp³-hybridized carbons (Fsp3) is 0.231. The molecular formula is C13H16N2. The first kappa shape index (κ1) is 9.99. The van der Waals surface area contributed by atoms with Gasteiger partial charge in [0.05, 0.1) is 0 Å². The molecule has 0 amide bonds. The predicted octanol–water partition coefficient (Wildman–Crippen LogP) is 2.56. The van der Waals surface area contributed by atoms with Crippen LogP contribution in [0.5, 0.6) is 0 Å². The number of aromatic nitrogens is 1.